The van der Waals surface area contributed by atoms with Crippen LogP contribution >= 0.6 is 15.9 Å². The Hall–Kier alpha value is -0.580. The Kier molecular flexibility index (Phi) is 5.25. The van der Waals surface area contributed by atoms with E-state index in [2.05, 4.69) is 22.9 Å². The molecule has 4 heteroatoms. The average molecular weight is 288 g/mol. The van der Waals surface area contributed by atoms with Gasteiger partial charge in [0.25, 0.3) is 0 Å². The molecule has 0 saturated heterocycles. The molecule has 1 unspecified atom stereocenters. The zero-order valence-electron chi connectivity index (χ0n) is 9.92. The number of ether oxygens (including phenoxy) is 2. The summed E-state index contributed by atoms with van der Waals surface area (Å²) in [6.45, 7) is 3.25. The van der Waals surface area contributed by atoms with Crippen LogP contribution in [0.1, 0.15) is 24.0 Å². The van der Waals surface area contributed by atoms with Crippen LogP contribution in [0.5, 0.6) is 5.75 Å². The summed E-state index contributed by atoms with van der Waals surface area (Å²) in [5.74, 6) is 1.12. The van der Waals surface area contributed by atoms with E-state index < -0.39 is 0 Å². The lowest BCUT2D eigenvalue weighted by Crippen LogP contribution is -2.13. The van der Waals surface area contributed by atoms with Gasteiger partial charge in [0.2, 0.25) is 0 Å². The fourth-order valence-corrected chi connectivity index (χ4v) is 2.25. The lowest BCUT2D eigenvalue weighted by molar-refractivity contribution is 0.183. The fraction of sp³-hybridized carbons (Fsp3) is 0.500. The van der Waals surface area contributed by atoms with Crippen molar-refractivity contribution in [1.29, 1.82) is 0 Å². The van der Waals surface area contributed by atoms with E-state index in [4.69, 9.17) is 15.2 Å². The minimum atomic E-state index is 0.258. The lowest BCUT2D eigenvalue weighted by Gasteiger charge is -2.19. The minimum Gasteiger partial charge on any atom is -0.496 e. The second-order valence-electron chi connectivity index (χ2n) is 3.75. The molecule has 0 spiro atoms. The highest BCUT2D eigenvalue weighted by molar-refractivity contribution is 9.10. The van der Waals surface area contributed by atoms with E-state index in [1.807, 2.05) is 12.1 Å². The number of halogens is 1. The first-order valence-corrected chi connectivity index (χ1v) is 5.98. The SMILES string of the molecule is COCc1cc(Br)cc(OC)c1C(C)CN. The predicted octanol–water partition coefficient (Wildman–Crippen LogP) is 2.67. The molecule has 0 heterocycles. The molecule has 0 aliphatic carbocycles. The molecule has 0 radical (unpaired) electrons. The standard InChI is InChI=1S/C12H18BrNO2/c1-8(6-14)12-9(7-15-2)4-10(13)5-11(12)16-3/h4-5,8H,6-7,14H2,1-3H3. The van der Waals surface area contributed by atoms with Gasteiger partial charge in [0.1, 0.15) is 5.75 Å². The Balaban J connectivity index is 3.26. The third kappa shape index (κ3) is 2.97. The molecule has 0 bridgehead atoms. The van der Waals surface area contributed by atoms with E-state index in [0.717, 1.165) is 21.3 Å². The summed E-state index contributed by atoms with van der Waals surface area (Å²) in [5.41, 5.74) is 7.97. The maximum Gasteiger partial charge on any atom is 0.123 e. The van der Waals surface area contributed by atoms with Gasteiger partial charge in [-0.3, -0.25) is 0 Å². The van der Waals surface area contributed by atoms with Crippen molar-refractivity contribution in [3.63, 3.8) is 0 Å². The van der Waals surface area contributed by atoms with Crippen LogP contribution in [0.25, 0.3) is 0 Å². The highest BCUT2D eigenvalue weighted by Gasteiger charge is 2.16. The number of methoxy groups -OCH3 is 2. The van der Waals surface area contributed by atoms with E-state index in [-0.39, 0.29) is 5.92 Å². The van der Waals surface area contributed by atoms with E-state index in [1.165, 1.54) is 0 Å². The molecule has 0 fully saturated rings. The van der Waals surface area contributed by atoms with Crippen LogP contribution in [-0.4, -0.2) is 20.8 Å². The molecule has 1 atom stereocenters. The monoisotopic (exact) mass is 287 g/mol. The molecule has 0 aliphatic heterocycles. The van der Waals surface area contributed by atoms with Gasteiger partial charge in [-0.25, -0.2) is 0 Å². The zero-order valence-corrected chi connectivity index (χ0v) is 11.5. The third-order valence-corrected chi connectivity index (χ3v) is 3.02. The summed E-state index contributed by atoms with van der Waals surface area (Å²) in [5, 5.41) is 0. The van der Waals surface area contributed by atoms with E-state index in [0.29, 0.717) is 13.2 Å². The zero-order chi connectivity index (χ0) is 12.1. The van der Waals surface area contributed by atoms with Crippen LogP contribution in [0.3, 0.4) is 0 Å². The smallest absolute Gasteiger partial charge is 0.123 e. The summed E-state index contributed by atoms with van der Waals surface area (Å²) in [4.78, 5) is 0. The Labute approximate surface area is 105 Å². The van der Waals surface area contributed by atoms with Crippen molar-refractivity contribution in [2.75, 3.05) is 20.8 Å². The molecule has 0 amide bonds. The predicted molar refractivity (Wildman–Crippen MR) is 68.9 cm³/mol. The van der Waals surface area contributed by atoms with Gasteiger partial charge >= 0.3 is 0 Å². The van der Waals surface area contributed by atoms with Crippen LogP contribution < -0.4 is 10.5 Å². The number of nitrogens with two attached hydrogens (primary N) is 1. The van der Waals surface area contributed by atoms with E-state index >= 15 is 0 Å². The number of hydrogen-bond donors (Lipinski definition) is 1. The summed E-state index contributed by atoms with van der Waals surface area (Å²) in [6, 6.07) is 4.01. The Morgan fingerprint density at radius 1 is 1.38 bits per heavy atom. The largest absolute Gasteiger partial charge is 0.496 e. The quantitative estimate of drug-likeness (QED) is 0.906. The van der Waals surface area contributed by atoms with Gasteiger partial charge in [0.15, 0.2) is 0 Å². The second-order valence-corrected chi connectivity index (χ2v) is 4.67. The van der Waals surface area contributed by atoms with Gasteiger partial charge < -0.3 is 15.2 Å². The molecule has 1 rings (SSSR count). The first-order valence-electron chi connectivity index (χ1n) is 5.19. The van der Waals surface area contributed by atoms with Crippen LogP contribution in [0.15, 0.2) is 16.6 Å². The average Bonchev–Trinajstić information content (AvgIpc) is 2.27. The van der Waals surface area contributed by atoms with Crippen molar-refractivity contribution in [2.45, 2.75) is 19.4 Å². The van der Waals surface area contributed by atoms with Gasteiger partial charge in [0.05, 0.1) is 13.7 Å². The molecule has 1 aromatic carbocycles. The molecule has 0 aromatic heterocycles. The van der Waals surface area contributed by atoms with Crippen molar-refractivity contribution < 1.29 is 9.47 Å². The third-order valence-electron chi connectivity index (χ3n) is 2.56. The number of rotatable bonds is 5. The van der Waals surface area contributed by atoms with Gasteiger partial charge in [0, 0.05) is 17.1 Å². The molecule has 0 aliphatic rings. The number of benzene rings is 1. The van der Waals surface area contributed by atoms with Crippen molar-refractivity contribution in [3.05, 3.63) is 27.7 Å². The second kappa shape index (κ2) is 6.23. The lowest BCUT2D eigenvalue weighted by atomic mass is 9.95. The van der Waals surface area contributed by atoms with E-state index in [9.17, 15) is 0 Å². The van der Waals surface area contributed by atoms with Crippen molar-refractivity contribution >= 4 is 15.9 Å². The Morgan fingerprint density at radius 2 is 2.06 bits per heavy atom. The highest BCUT2D eigenvalue weighted by Crippen LogP contribution is 2.33. The molecular formula is C12H18BrNO2. The molecule has 1 aromatic rings. The van der Waals surface area contributed by atoms with Gasteiger partial charge in [-0.05, 0) is 30.2 Å². The first kappa shape index (κ1) is 13.5. The van der Waals surface area contributed by atoms with Crippen molar-refractivity contribution in [2.24, 2.45) is 5.73 Å². The van der Waals surface area contributed by atoms with Crippen molar-refractivity contribution in [3.8, 4) is 5.75 Å². The van der Waals surface area contributed by atoms with Gasteiger partial charge in [-0.1, -0.05) is 22.9 Å². The molecule has 90 valence electrons. The minimum absolute atomic E-state index is 0.258. The van der Waals surface area contributed by atoms with Gasteiger partial charge in [-0.15, -0.1) is 0 Å². The molecule has 3 nitrogen and oxygen atoms in total. The van der Waals surface area contributed by atoms with Crippen LogP contribution in [0.4, 0.5) is 0 Å². The van der Waals surface area contributed by atoms with Crippen LogP contribution in [-0.2, 0) is 11.3 Å². The Bertz CT molecular complexity index is 355. The summed E-state index contributed by atoms with van der Waals surface area (Å²) in [6.07, 6.45) is 0. The topological polar surface area (TPSA) is 44.5 Å². The maximum atomic E-state index is 5.72. The number of hydrogen-bond acceptors (Lipinski definition) is 3. The van der Waals surface area contributed by atoms with Gasteiger partial charge in [-0.2, -0.15) is 0 Å². The molecule has 0 saturated carbocycles. The summed E-state index contributed by atoms with van der Waals surface area (Å²) < 4.78 is 11.6. The van der Waals surface area contributed by atoms with Crippen LogP contribution in [0, 0.1) is 0 Å². The fourth-order valence-electron chi connectivity index (χ4n) is 1.77. The summed E-state index contributed by atoms with van der Waals surface area (Å²) >= 11 is 3.46. The molecule has 16 heavy (non-hydrogen) atoms. The highest BCUT2D eigenvalue weighted by atomic mass is 79.9. The van der Waals surface area contributed by atoms with Crippen molar-refractivity contribution in [1.82, 2.24) is 0 Å². The van der Waals surface area contributed by atoms with Crippen LogP contribution in [0.2, 0.25) is 0 Å². The normalized spacial score (nSPS) is 12.6. The maximum absolute atomic E-state index is 5.72. The Morgan fingerprint density at radius 3 is 2.56 bits per heavy atom. The van der Waals surface area contributed by atoms with E-state index in [1.54, 1.807) is 14.2 Å². The molecular weight excluding hydrogens is 270 g/mol. The summed E-state index contributed by atoms with van der Waals surface area (Å²) in [7, 11) is 3.36. The first-order chi connectivity index (χ1) is 7.63. The molecule has 2 N–H and O–H groups in total.